The van der Waals surface area contributed by atoms with Crippen LogP contribution >= 0.6 is 0 Å². The van der Waals surface area contributed by atoms with Crippen molar-refractivity contribution >= 4 is 46.2 Å². The molecule has 0 saturated heterocycles. The molecule has 0 atom stereocenters. The zero-order chi connectivity index (χ0) is 50.7. The number of hydrogen-bond acceptors (Lipinski definition) is 2. The van der Waals surface area contributed by atoms with Crippen molar-refractivity contribution in [3.8, 4) is 22.3 Å². The van der Waals surface area contributed by atoms with E-state index in [1.54, 1.807) is 0 Å². The summed E-state index contributed by atoms with van der Waals surface area (Å²) in [5, 5.41) is 0. The monoisotopic (exact) mass is 937 g/mol. The first-order valence-corrected chi connectivity index (χ1v) is 27.5. The van der Waals surface area contributed by atoms with Crippen LogP contribution in [0.15, 0.2) is 91.0 Å². The Hall–Kier alpha value is -5.02. The number of benzene rings is 6. The van der Waals surface area contributed by atoms with Gasteiger partial charge in [-0.2, -0.15) is 0 Å². The van der Waals surface area contributed by atoms with Gasteiger partial charge in [-0.25, -0.2) is 0 Å². The number of aryl methyl sites for hydroxylation is 1. The molecule has 6 aromatic carbocycles. The van der Waals surface area contributed by atoms with Gasteiger partial charge in [0.1, 0.15) is 0 Å². The molecule has 71 heavy (non-hydrogen) atoms. The number of fused-ring (bicyclic) bond motifs is 11. The van der Waals surface area contributed by atoms with E-state index < -0.39 is 0 Å². The second-order valence-electron chi connectivity index (χ2n) is 29.0. The molecule has 366 valence electrons. The van der Waals surface area contributed by atoms with E-state index >= 15 is 0 Å². The molecule has 0 bridgehead atoms. The van der Waals surface area contributed by atoms with Gasteiger partial charge in [-0.3, -0.25) is 0 Å². The molecule has 0 aromatic heterocycles. The molecule has 0 radical (unpaired) electrons. The van der Waals surface area contributed by atoms with Crippen molar-refractivity contribution in [1.29, 1.82) is 0 Å². The van der Waals surface area contributed by atoms with Gasteiger partial charge in [-0.15, -0.1) is 0 Å². The molecule has 3 heteroatoms. The van der Waals surface area contributed by atoms with Crippen LogP contribution in [0.3, 0.4) is 0 Å². The van der Waals surface area contributed by atoms with Crippen LogP contribution in [-0.4, -0.2) is 6.85 Å². The fourth-order valence-corrected chi connectivity index (χ4v) is 15.0. The van der Waals surface area contributed by atoms with Gasteiger partial charge in [-0.1, -0.05) is 166 Å². The summed E-state index contributed by atoms with van der Waals surface area (Å²) < 4.78 is 0. The molecule has 2 heterocycles. The van der Waals surface area contributed by atoms with Crippen molar-refractivity contribution in [2.75, 3.05) is 9.71 Å². The maximum atomic E-state index is 2.88. The highest BCUT2D eigenvalue weighted by atomic mass is 15.2. The fraction of sp³-hybridized carbons (Fsp3) is 0.471. The number of anilines is 5. The summed E-state index contributed by atoms with van der Waals surface area (Å²) in [6, 6.07) is 38.1. The molecular formula is C68H81BN2. The predicted octanol–water partition coefficient (Wildman–Crippen LogP) is 17.4. The summed E-state index contributed by atoms with van der Waals surface area (Å²) in [4.78, 5) is 5.65. The van der Waals surface area contributed by atoms with Crippen LogP contribution in [0.5, 0.6) is 0 Å². The standard InChI is InChI=1S/C68H81BN2/c1-40-33-49-52(66(13,14)31-29-63(49,7)8)38-55(40)70-54-26-25-48-58(43-21-19-20-22-46(43)68(48,17)18)60(54)69-59-45(34-41(35-57(59)70)61(2,3)4)44-37-51-53(67(15,16)32-30-65(51,11)12)39-56(44)71(69)42-23-24-47-50(36-42)64(9,10)28-27-62(47,5)6/h19-26,33-39H,27-32H2,1-18H3. The van der Waals surface area contributed by atoms with Crippen LogP contribution in [0.1, 0.15) is 212 Å². The Balaban J connectivity index is 1.28. The van der Waals surface area contributed by atoms with Gasteiger partial charge in [0.25, 0.3) is 0 Å². The highest BCUT2D eigenvalue weighted by Gasteiger charge is 2.52. The smallest absolute Gasteiger partial charge is 0.333 e. The lowest BCUT2D eigenvalue weighted by Crippen LogP contribution is -2.62. The molecule has 0 saturated carbocycles. The van der Waals surface area contributed by atoms with E-state index in [9.17, 15) is 0 Å². The Labute approximate surface area is 429 Å². The molecule has 2 aliphatic heterocycles. The van der Waals surface area contributed by atoms with Gasteiger partial charge < -0.3 is 9.71 Å². The van der Waals surface area contributed by atoms with Crippen molar-refractivity contribution in [1.82, 2.24) is 0 Å². The first kappa shape index (κ1) is 47.0. The molecule has 2 nitrogen and oxygen atoms in total. The summed E-state index contributed by atoms with van der Waals surface area (Å²) in [7, 11) is 0. The molecule has 0 amide bonds. The van der Waals surface area contributed by atoms with Crippen molar-refractivity contribution < 1.29 is 0 Å². The van der Waals surface area contributed by atoms with Crippen LogP contribution in [-0.2, 0) is 43.3 Å². The molecule has 12 rings (SSSR count). The SMILES string of the molecule is Cc1cc2c(cc1N1c3cc(C(C)(C)C)cc4c3B(c3c1ccc1c3-c3ccccc3C1(C)C)N(c1ccc3c(c1)C(C)(C)CCC3(C)C)c1cc3c(cc1-4)C(C)(C)CCC3(C)C)C(C)(C)CCC2(C)C. The number of hydrogen-bond donors (Lipinski definition) is 0. The Kier molecular flexibility index (Phi) is 9.53. The fourth-order valence-electron chi connectivity index (χ4n) is 15.0. The van der Waals surface area contributed by atoms with E-state index in [0.717, 1.165) is 0 Å². The second kappa shape index (κ2) is 14.4. The van der Waals surface area contributed by atoms with E-state index in [0.29, 0.717) is 0 Å². The molecule has 6 aromatic rings. The molecule has 0 N–H and O–H groups in total. The zero-order valence-electron chi connectivity index (χ0n) is 46.9. The highest BCUT2D eigenvalue weighted by Crippen LogP contribution is 2.58. The lowest BCUT2D eigenvalue weighted by Gasteiger charge is -2.50. The quantitative estimate of drug-likeness (QED) is 0.160. The van der Waals surface area contributed by atoms with Crippen molar-refractivity contribution in [3.63, 3.8) is 0 Å². The minimum atomic E-state index is -0.157. The van der Waals surface area contributed by atoms with Crippen molar-refractivity contribution in [3.05, 3.63) is 147 Å². The summed E-state index contributed by atoms with van der Waals surface area (Å²) in [6.45, 7) is 44.4. The van der Waals surface area contributed by atoms with E-state index in [4.69, 9.17) is 0 Å². The largest absolute Gasteiger partial charge is 0.376 e. The maximum Gasteiger partial charge on any atom is 0.333 e. The first-order valence-electron chi connectivity index (χ1n) is 27.5. The molecule has 6 aliphatic rings. The van der Waals surface area contributed by atoms with Gasteiger partial charge in [0, 0.05) is 39.4 Å². The third kappa shape index (κ3) is 6.51. The molecule has 4 aliphatic carbocycles. The third-order valence-electron chi connectivity index (χ3n) is 20.1. The van der Waals surface area contributed by atoms with Crippen molar-refractivity contribution in [2.45, 2.75) is 206 Å². The summed E-state index contributed by atoms with van der Waals surface area (Å²) in [5.41, 5.74) is 30.0. The minimum Gasteiger partial charge on any atom is -0.376 e. The van der Waals surface area contributed by atoms with Gasteiger partial charge in [-0.05, 0) is 209 Å². The Morgan fingerprint density at radius 2 is 0.915 bits per heavy atom. The Morgan fingerprint density at radius 3 is 1.51 bits per heavy atom. The molecular weight excluding hydrogens is 856 g/mol. The van der Waals surface area contributed by atoms with Crippen LogP contribution < -0.4 is 20.6 Å². The average molecular weight is 937 g/mol. The minimum absolute atomic E-state index is 0.0456. The topological polar surface area (TPSA) is 6.48 Å². The van der Waals surface area contributed by atoms with Gasteiger partial charge in [0.05, 0.1) is 0 Å². The number of nitrogens with zero attached hydrogens (tertiary/aromatic N) is 2. The van der Waals surface area contributed by atoms with Gasteiger partial charge in [0.15, 0.2) is 0 Å². The van der Waals surface area contributed by atoms with Gasteiger partial charge in [0.2, 0.25) is 0 Å². The summed E-state index contributed by atoms with van der Waals surface area (Å²) in [5.74, 6) is 0. The normalized spacial score (nSPS) is 21.5. The molecule has 0 unspecified atom stereocenters. The summed E-state index contributed by atoms with van der Waals surface area (Å²) >= 11 is 0. The first-order chi connectivity index (χ1) is 33.0. The van der Waals surface area contributed by atoms with E-state index in [1.165, 1.54) is 156 Å². The maximum absolute atomic E-state index is 2.88. The zero-order valence-corrected chi connectivity index (χ0v) is 46.9. The number of rotatable bonds is 2. The van der Waals surface area contributed by atoms with Crippen LogP contribution in [0, 0.1) is 6.92 Å². The second-order valence-corrected chi connectivity index (χ2v) is 29.0. The predicted molar refractivity (Wildman–Crippen MR) is 307 cm³/mol. The van der Waals surface area contributed by atoms with Crippen molar-refractivity contribution in [2.24, 2.45) is 0 Å². The Morgan fingerprint density at radius 1 is 0.408 bits per heavy atom. The van der Waals surface area contributed by atoms with Crippen LogP contribution in [0.4, 0.5) is 28.4 Å². The molecule has 0 spiro atoms. The third-order valence-corrected chi connectivity index (χ3v) is 20.1. The van der Waals surface area contributed by atoms with E-state index in [-0.39, 0.29) is 50.2 Å². The van der Waals surface area contributed by atoms with Crippen LogP contribution in [0.25, 0.3) is 22.3 Å². The van der Waals surface area contributed by atoms with Gasteiger partial charge >= 0.3 is 6.85 Å². The molecule has 0 fully saturated rings. The Bertz CT molecular complexity index is 3300. The highest BCUT2D eigenvalue weighted by molar-refractivity contribution is 6.94. The lowest BCUT2D eigenvalue weighted by atomic mass is 9.41. The van der Waals surface area contributed by atoms with E-state index in [1.807, 2.05) is 0 Å². The van der Waals surface area contributed by atoms with Crippen LogP contribution in [0.2, 0.25) is 0 Å². The van der Waals surface area contributed by atoms with E-state index in [2.05, 4.69) is 225 Å². The lowest BCUT2D eigenvalue weighted by molar-refractivity contribution is 0.332. The summed E-state index contributed by atoms with van der Waals surface area (Å²) in [6.07, 6.45) is 7.12. The average Bonchev–Trinajstić information content (AvgIpc) is 3.53.